The molecule has 0 saturated carbocycles. The molecular weight excluding hydrogens is 224 g/mol. The summed E-state index contributed by atoms with van der Waals surface area (Å²) in [6, 6.07) is -0.642. The van der Waals surface area contributed by atoms with Crippen LogP contribution in [-0.2, 0) is 14.4 Å². The van der Waals surface area contributed by atoms with Crippen molar-refractivity contribution in [2.45, 2.75) is 19.9 Å². The molecule has 6 heteroatoms. The number of carboxylic acids is 1. The molecule has 0 spiro atoms. The van der Waals surface area contributed by atoms with Crippen molar-refractivity contribution in [3.8, 4) is 0 Å². The number of likely N-dealkylation sites (tertiary alicyclic amines) is 2. The van der Waals surface area contributed by atoms with Gasteiger partial charge in [-0.3, -0.25) is 24.2 Å². The summed E-state index contributed by atoms with van der Waals surface area (Å²) in [7, 11) is 0. The van der Waals surface area contributed by atoms with E-state index in [1.165, 1.54) is 4.90 Å². The minimum Gasteiger partial charge on any atom is -0.480 e. The van der Waals surface area contributed by atoms with Crippen LogP contribution in [-0.4, -0.2) is 58.4 Å². The molecule has 0 bridgehead atoms. The molecule has 2 rings (SSSR count). The van der Waals surface area contributed by atoms with E-state index >= 15 is 0 Å². The van der Waals surface area contributed by atoms with Crippen LogP contribution in [0.25, 0.3) is 0 Å². The molecule has 2 aliphatic rings. The fourth-order valence-corrected chi connectivity index (χ4v) is 2.63. The van der Waals surface area contributed by atoms with Gasteiger partial charge >= 0.3 is 5.97 Å². The third kappa shape index (κ3) is 1.72. The van der Waals surface area contributed by atoms with Gasteiger partial charge < -0.3 is 5.11 Å². The number of fused-ring (bicyclic) bond motifs is 1. The van der Waals surface area contributed by atoms with Gasteiger partial charge in [-0.15, -0.1) is 0 Å². The van der Waals surface area contributed by atoms with Crippen molar-refractivity contribution in [1.82, 2.24) is 9.80 Å². The molecule has 0 aliphatic carbocycles. The molecule has 17 heavy (non-hydrogen) atoms. The first kappa shape index (κ1) is 12.0. The SMILES string of the molecule is CCN1C(=O)[C@@H]2CN([C@H](C)C(=O)O)C[C@H]2C1=O. The predicted molar refractivity (Wildman–Crippen MR) is 58.0 cm³/mol. The average molecular weight is 240 g/mol. The summed E-state index contributed by atoms with van der Waals surface area (Å²) < 4.78 is 0. The maximum atomic E-state index is 11.9. The van der Waals surface area contributed by atoms with E-state index in [1.807, 2.05) is 0 Å². The van der Waals surface area contributed by atoms with Crippen molar-refractivity contribution in [3.63, 3.8) is 0 Å². The van der Waals surface area contributed by atoms with E-state index in [0.717, 1.165) is 0 Å². The van der Waals surface area contributed by atoms with E-state index in [4.69, 9.17) is 5.11 Å². The Balaban J connectivity index is 2.12. The molecule has 0 aromatic heterocycles. The lowest BCUT2D eigenvalue weighted by atomic mass is 10.00. The van der Waals surface area contributed by atoms with Gasteiger partial charge in [0.2, 0.25) is 11.8 Å². The van der Waals surface area contributed by atoms with Crippen LogP contribution in [0.2, 0.25) is 0 Å². The monoisotopic (exact) mass is 240 g/mol. The second-order valence-corrected chi connectivity index (χ2v) is 4.60. The molecule has 1 N–H and O–H groups in total. The largest absolute Gasteiger partial charge is 0.480 e. The number of nitrogens with zero attached hydrogens (tertiary/aromatic N) is 2. The Morgan fingerprint density at radius 1 is 1.35 bits per heavy atom. The van der Waals surface area contributed by atoms with Gasteiger partial charge in [0.1, 0.15) is 6.04 Å². The normalized spacial score (nSPS) is 30.8. The Morgan fingerprint density at radius 2 is 1.82 bits per heavy atom. The fraction of sp³-hybridized carbons (Fsp3) is 0.727. The number of carbonyl (C=O) groups is 3. The van der Waals surface area contributed by atoms with Gasteiger partial charge in [-0.25, -0.2) is 0 Å². The molecule has 0 radical (unpaired) electrons. The molecule has 3 atom stereocenters. The zero-order chi connectivity index (χ0) is 12.7. The molecule has 0 unspecified atom stereocenters. The van der Waals surface area contributed by atoms with Gasteiger partial charge in [0.15, 0.2) is 0 Å². The Labute approximate surface area is 99.2 Å². The van der Waals surface area contributed by atoms with Crippen LogP contribution in [0, 0.1) is 11.8 Å². The maximum Gasteiger partial charge on any atom is 0.320 e. The van der Waals surface area contributed by atoms with Gasteiger partial charge in [-0.1, -0.05) is 0 Å². The van der Waals surface area contributed by atoms with E-state index in [9.17, 15) is 14.4 Å². The number of carbonyl (C=O) groups excluding carboxylic acids is 2. The van der Waals surface area contributed by atoms with Gasteiger partial charge in [0.25, 0.3) is 0 Å². The average Bonchev–Trinajstić information content (AvgIpc) is 2.80. The summed E-state index contributed by atoms with van der Waals surface area (Å²) >= 11 is 0. The first-order valence-corrected chi connectivity index (χ1v) is 5.79. The molecule has 2 saturated heterocycles. The minimum absolute atomic E-state index is 0.150. The number of aliphatic carboxylic acids is 1. The van der Waals surface area contributed by atoms with Crippen molar-refractivity contribution in [2.75, 3.05) is 19.6 Å². The van der Waals surface area contributed by atoms with Crippen LogP contribution in [0.5, 0.6) is 0 Å². The quantitative estimate of drug-likeness (QED) is 0.666. The van der Waals surface area contributed by atoms with Gasteiger partial charge in [0.05, 0.1) is 11.8 Å². The Bertz CT molecular complexity index is 358. The number of imide groups is 1. The molecular formula is C11H16N2O4. The molecule has 2 aliphatic heterocycles. The molecule has 0 aromatic carbocycles. The lowest BCUT2D eigenvalue weighted by Gasteiger charge is -2.22. The van der Waals surface area contributed by atoms with Crippen molar-refractivity contribution in [2.24, 2.45) is 11.8 Å². The molecule has 2 amide bonds. The lowest BCUT2D eigenvalue weighted by molar-refractivity contribution is -0.145. The van der Waals surface area contributed by atoms with Crippen LogP contribution in [0.3, 0.4) is 0 Å². The summed E-state index contributed by atoms with van der Waals surface area (Å²) in [6.07, 6.45) is 0. The van der Waals surface area contributed by atoms with E-state index < -0.39 is 12.0 Å². The number of carboxylic acid groups (broad SMARTS) is 1. The van der Waals surface area contributed by atoms with E-state index in [-0.39, 0.29) is 23.7 Å². The van der Waals surface area contributed by atoms with Crippen molar-refractivity contribution < 1.29 is 19.5 Å². The number of rotatable bonds is 3. The van der Waals surface area contributed by atoms with Crippen molar-refractivity contribution in [3.05, 3.63) is 0 Å². The summed E-state index contributed by atoms with van der Waals surface area (Å²) in [6.45, 7) is 4.50. The maximum absolute atomic E-state index is 11.9. The first-order valence-electron chi connectivity index (χ1n) is 5.79. The minimum atomic E-state index is -0.919. The smallest absolute Gasteiger partial charge is 0.320 e. The topological polar surface area (TPSA) is 77.9 Å². The number of hydrogen-bond acceptors (Lipinski definition) is 4. The highest BCUT2D eigenvalue weighted by Gasteiger charge is 2.52. The standard InChI is InChI=1S/C11H16N2O4/c1-3-13-9(14)7-4-12(6(2)11(16)17)5-8(7)10(13)15/h6-8H,3-5H2,1-2H3,(H,16,17)/t6-,7-,8-/m1/s1. The van der Waals surface area contributed by atoms with Crippen LogP contribution >= 0.6 is 0 Å². The molecule has 0 aromatic rings. The van der Waals surface area contributed by atoms with Gasteiger partial charge in [0, 0.05) is 19.6 Å². The fourth-order valence-electron chi connectivity index (χ4n) is 2.63. The third-order valence-electron chi connectivity index (χ3n) is 3.74. The Kier molecular flexibility index (Phi) is 2.91. The zero-order valence-corrected chi connectivity index (χ0v) is 9.92. The highest BCUT2D eigenvalue weighted by Crippen LogP contribution is 2.34. The van der Waals surface area contributed by atoms with E-state index in [2.05, 4.69) is 0 Å². The highest BCUT2D eigenvalue weighted by molar-refractivity contribution is 6.05. The first-order chi connectivity index (χ1) is 7.97. The van der Waals surface area contributed by atoms with Crippen LogP contribution in [0.15, 0.2) is 0 Å². The Morgan fingerprint density at radius 3 is 2.18 bits per heavy atom. The van der Waals surface area contributed by atoms with Crippen molar-refractivity contribution in [1.29, 1.82) is 0 Å². The lowest BCUT2D eigenvalue weighted by Crippen LogP contribution is -2.41. The molecule has 2 fully saturated rings. The summed E-state index contributed by atoms with van der Waals surface area (Å²) in [4.78, 5) is 37.6. The molecule has 2 heterocycles. The Hall–Kier alpha value is -1.43. The number of hydrogen-bond donors (Lipinski definition) is 1. The zero-order valence-electron chi connectivity index (χ0n) is 9.92. The summed E-state index contributed by atoms with van der Waals surface area (Å²) in [5, 5.41) is 8.91. The summed E-state index contributed by atoms with van der Waals surface area (Å²) in [5.41, 5.74) is 0. The van der Waals surface area contributed by atoms with E-state index in [0.29, 0.717) is 19.6 Å². The molecule has 94 valence electrons. The van der Waals surface area contributed by atoms with Gasteiger partial charge in [-0.2, -0.15) is 0 Å². The van der Waals surface area contributed by atoms with Crippen molar-refractivity contribution >= 4 is 17.8 Å². The molecule has 6 nitrogen and oxygen atoms in total. The van der Waals surface area contributed by atoms with Crippen LogP contribution < -0.4 is 0 Å². The van der Waals surface area contributed by atoms with Crippen LogP contribution in [0.1, 0.15) is 13.8 Å². The predicted octanol–water partition coefficient (Wildman–Crippen LogP) is -0.604. The van der Waals surface area contributed by atoms with Crippen LogP contribution in [0.4, 0.5) is 0 Å². The second-order valence-electron chi connectivity index (χ2n) is 4.60. The second kappa shape index (κ2) is 4.10. The highest BCUT2D eigenvalue weighted by atomic mass is 16.4. The van der Waals surface area contributed by atoms with Gasteiger partial charge in [-0.05, 0) is 13.8 Å². The third-order valence-corrected chi connectivity index (χ3v) is 3.74. The summed E-state index contributed by atoms with van der Waals surface area (Å²) in [5.74, 6) is -1.91. The van der Waals surface area contributed by atoms with E-state index in [1.54, 1.807) is 18.7 Å². The number of amides is 2.